The highest BCUT2D eigenvalue weighted by Gasteiger charge is 2.72. The number of piperidine rings is 1. The summed E-state index contributed by atoms with van der Waals surface area (Å²) in [6.45, 7) is 6.08. The lowest BCUT2D eigenvalue weighted by Crippen LogP contribution is -2.35. The van der Waals surface area contributed by atoms with E-state index in [0.29, 0.717) is 10.7 Å². The van der Waals surface area contributed by atoms with E-state index in [1.807, 2.05) is 20.8 Å². The largest absolute Gasteiger partial charge is 0.461 e. The van der Waals surface area contributed by atoms with Gasteiger partial charge in [0.2, 0.25) is 11.8 Å². The minimum atomic E-state index is -0.186. The van der Waals surface area contributed by atoms with Crippen LogP contribution in [0, 0.1) is 30.5 Å². The monoisotopic (exact) mass is 317 g/mol. The Morgan fingerprint density at radius 1 is 1.36 bits per heavy atom. The zero-order valence-electron chi connectivity index (χ0n) is 12.4. The molecule has 0 radical (unpaired) electrons. The first-order valence-electron chi connectivity index (χ1n) is 7.09. The quantitative estimate of drug-likeness (QED) is 0.770. The highest BCUT2D eigenvalue weighted by molar-refractivity contribution is 6.32. The molecule has 112 valence electrons. The maximum atomic E-state index is 12.4. The van der Waals surface area contributed by atoms with Crippen molar-refractivity contribution in [1.82, 2.24) is 14.4 Å². The molecule has 2 aromatic heterocycles. The third-order valence-corrected chi connectivity index (χ3v) is 5.32. The van der Waals surface area contributed by atoms with E-state index in [-0.39, 0.29) is 35.6 Å². The molecule has 2 aliphatic rings. The van der Waals surface area contributed by atoms with Crippen molar-refractivity contribution in [3.63, 3.8) is 0 Å². The Bertz CT molecular complexity index is 817. The molecule has 3 heterocycles. The summed E-state index contributed by atoms with van der Waals surface area (Å²) >= 11 is 6.07. The van der Waals surface area contributed by atoms with Crippen molar-refractivity contribution in [2.45, 2.75) is 27.3 Å². The molecule has 1 saturated carbocycles. The summed E-state index contributed by atoms with van der Waals surface area (Å²) in [5.74, 6) is -0.458. The number of aromatic nitrogens is 3. The number of nitrogens with zero attached hydrogens (tertiary/aromatic N) is 4. The Balaban J connectivity index is 1.69. The average Bonchev–Trinajstić information content (AvgIpc) is 2.71. The molecule has 0 bridgehead atoms. The lowest BCUT2D eigenvalue weighted by molar-refractivity contribution is -0.395. The second-order valence-electron chi connectivity index (χ2n) is 6.61. The Labute approximate surface area is 132 Å². The predicted molar refractivity (Wildman–Crippen MR) is 75.7 cm³/mol. The third kappa shape index (κ3) is 1.52. The van der Waals surface area contributed by atoms with Crippen LogP contribution in [-0.2, 0) is 16.1 Å². The Morgan fingerprint density at radius 2 is 2.00 bits per heavy atom. The maximum Gasteiger partial charge on any atom is 0.461 e. The van der Waals surface area contributed by atoms with Crippen molar-refractivity contribution < 1.29 is 14.7 Å². The normalized spacial score (nSPS) is 25.5. The number of amides is 2. The number of aryl methyl sites for hydroxylation is 1. The van der Waals surface area contributed by atoms with Crippen molar-refractivity contribution in [3.05, 3.63) is 28.8 Å². The number of hydrogen-bond donors (Lipinski definition) is 0. The number of halogens is 1. The molecule has 1 aliphatic carbocycles. The SMILES string of the molecule is Cc1c(CN2C(=O)C3C(C2=O)C3(C)C)cn2[n+]#cnc(Cl)c12. The molecule has 1 aliphatic heterocycles. The van der Waals surface area contributed by atoms with E-state index in [4.69, 9.17) is 11.6 Å². The fraction of sp³-hybridized carbons (Fsp3) is 0.467. The van der Waals surface area contributed by atoms with Gasteiger partial charge in [0.05, 0.1) is 24.6 Å². The van der Waals surface area contributed by atoms with Gasteiger partial charge in [-0.15, -0.1) is 0 Å². The molecule has 0 N–H and O–H groups in total. The Kier molecular flexibility index (Phi) is 2.45. The lowest BCUT2D eigenvalue weighted by Gasteiger charge is -2.20. The van der Waals surface area contributed by atoms with E-state index in [2.05, 4.69) is 16.4 Å². The van der Waals surface area contributed by atoms with Gasteiger partial charge >= 0.3 is 6.33 Å². The summed E-state index contributed by atoms with van der Waals surface area (Å²) < 4.78 is 1.58. The first kappa shape index (κ1) is 13.5. The molecule has 22 heavy (non-hydrogen) atoms. The number of likely N-dealkylation sites (tertiary alicyclic amines) is 1. The van der Waals surface area contributed by atoms with E-state index >= 15 is 0 Å². The maximum absolute atomic E-state index is 12.4. The van der Waals surface area contributed by atoms with E-state index in [1.54, 1.807) is 10.7 Å². The number of carbonyl (C=O) groups excluding carboxylic acids is 2. The van der Waals surface area contributed by atoms with Crippen LogP contribution in [0.15, 0.2) is 6.20 Å². The molecule has 2 amide bonds. The molecule has 1 saturated heterocycles. The van der Waals surface area contributed by atoms with Crippen LogP contribution in [0.4, 0.5) is 0 Å². The highest BCUT2D eigenvalue weighted by Crippen LogP contribution is 2.63. The molecule has 0 spiro atoms. The van der Waals surface area contributed by atoms with Crippen LogP contribution in [0.5, 0.6) is 0 Å². The smallest absolute Gasteiger partial charge is 0.278 e. The minimum absolute atomic E-state index is 0.0709. The summed E-state index contributed by atoms with van der Waals surface area (Å²) in [7, 11) is 0. The van der Waals surface area contributed by atoms with Gasteiger partial charge in [0.25, 0.3) is 5.15 Å². The second-order valence-corrected chi connectivity index (χ2v) is 6.97. The summed E-state index contributed by atoms with van der Waals surface area (Å²) in [5.41, 5.74) is 2.21. The van der Waals surface area contributed by atoms with Crippen molar-refractivity contribution in [1.29, 1.82) is 0 Å². The number of imide groups is 1. The van der Waals surface area contributed by atoms with Crippen molar-refractivity contribution in [3.8, 4) is 0 Å². The molecule has 2 aromatic rings. The molecule has 7 heteroatoms. The molecular weight excluding hydrogens is 304 g/mol. The van der Waals surface area contributed by atoms with E-state index in [0.717, 1.165) is 11.1 Å². The molecule has 0 aromatic carbocycles. The van der Waals surface area contributed by atoms with Crippen LogP contribution in [-0.4, -0.2) is 26.2 Å². The van der Waals surface area contributed by atoms with Crippen molar-refractivity contribution in [2.75, 3.05) is 0 Å². The van der Waals surface area contributed by atoms with Gasteiger partial charge in [-0.1, -0.05) is 18.4 Å². The van der Waals surface area contributed by atoms with Gasteiger partial charge in [0.1, 0.15) is 0 Å². The predicted octanol–water partition coefficient (Wildman–Crippen LogP) is 0.837. The van der Waals surface area contributed by atoms with Gasteiger partial charge in [0, 0.05) is 4.98 Å². The van der Waals surface area contributed by atoms with Crippen molar-refractivity contribution in [2.24, 2.45) is 17.3 Å². The first-order chi connectivity index (χ1) is 10.3. The molecule has 4 rings (SSSR count). The van der Waals surface area contributed by atoms with Crippen LogP contribution in [0.25, 0.3) is 5.52 Å². The average molecular weight is 318 g/mol. The zero-order valence-corrected chi connectivity index (χ0v) is 13.2. The molecule has 2 unspecified atom stereocenters. The van der Waals surface area contributed by atoms with E-state index < -0.39 is 0 Å². The standard InChI is InChI=1S/C15H14ClN4O2/c1-7-8(5-20-11(7)12(16)17-6-18-20)4-19-13(21)9-10(14(19)22)15(9,2)3/h5,9-10H,4H2,1-3H3/q+1. The number of rotatable bonds is 2. The summed E-state index contributed by atoms with van der Waals surface area (Å²) in [5, 5.41) is 4.30. The lowest BCUT2D eigenvalue weighted by atomic mass is 10.0. The number of hydrogen-bond acceptors (Lipinski definition) is 3. The number of fused-ring (bicyclic) bond motifs is 2. The van der Waals surface area contributed by atoms with Gasteiger partial charge in [-0.05, 0) is 40.2 Å². The number of carbonyl (C=O) groups is 2. The summed E-state index contributed by atoms with van der Waals surface area (Å²) in [6.07, 6.45) is 4.23. The Hall–Kier alpha value is -2.13. The van der Waals surface area contributed by atoms with Crippen LogP contribution in [0.1, 0.15) is 25.0 Å². The molecular formula is C15H14ClN4O2+. The minimum Gasteiger partial charge on any atom is -0.278 e. The van der Waals surface area contributed by atoms with Crippen LogP contribution >= 0.6 is 11.6 Å². The van der Waals surface area contributed by atoms with Gasteiger partial charge in [-0.2, -0.15) is 0 Å². The fourth-order valence-electron chi connectivity index (χ4n) is 3.62. The zero-order chi connectivity index (χ0) is 15.8. The summed E-state index contributed by atoms with van der Waals surface area (Å²) in [6, 6.07) is 0. The van der Waals surface area contributed by atoms with Gasteiger partial charge in [0.15, 0.2) is 5.52 Å². The second kappa shape index (κ2) is 3.99. The molecule has 2 fully saturated rings. The first-order valence-corrected chi connectivity index (χ1v) is 7.47. The van der Waals surface area contributed by atoms with Gasteiger partial charge < -0.3 is 0 Å². The van der Waals surface area contributed by atoms with Gasteiger partial charge in [-0.3, -0.25) is 14.5 Å². The van der Waals surface area contributed by atoms with E-state index in [9.17, 15) is 9.59 Å². The summed E-state index contributed by atoms with van der Waals surface area (Å²) in [4.78, 5) is 30.0. The van der Waals surface area contributed by atoms with Gasteiger partial charge in [-0.25, -0.2) is 0 Å². The Morgan fingerprint density at radius 3 is 2.59 bits per heavy atom. The van der Waals surface area contributed by atoms with Crippen LogP contribution < -0.4 is 5.10 Å². The fourth-order valence-corrected chi connectivity index (χ4v) is 3.88. The van der Waals surface area contributed by atoms with Crippen molar-refractivity contribution >= 4 is 28.9 Å². The van der Waals surface area contributed by atoms with Crippen LogP contribution in [0.3, 0.4) is 0 Å². The van der Waals surface area contributed by atoms with E-state index in [1.165, 1.54) is 4.90 Å². The molecule has 6 nitrogen and oxygen atoms in total. The van der Waals surface area contributed by atoms with Crippen LogP contribution in [0.2, 0.25) is 5.15 Å². The third-order valence-electron chi connectivity index (χ3n) is 5.06. The molecule has 2 atom stereocenters. The topological polar surface area (TPSA) is 68.8 Å². The highest BCUT2D eigenvalue weighted by atomic mass is 35.5.